The molecule has 0 unspecified atom stereocenters. The minimum Gasteiger partial charge on any atom is -0.380 e. The van der Waals surface area contributed by atoms with Crippen LogP contribution in [0.3, 0.4) is 0 Å². The molecule has 1 saturated heterocycles. The number of hydrogen-bond donors (Lipinski definition) is 0. The van der Waals surface area contributed by atoms with Crippen molar-refractivity contribution in [2.45, 2.75) is 13.0 Å². The van der Waals surface area contributed by atoms with Gasteiger partial charge in [-0.3, -0.25) is 9.88 Å². The number of fused-ring (bicyclic) bond motifs is 1. The van der Waals surface area contributed by atoms with Gasteiger partial charge in [-0.05, 0) is 36.1 Å². The van der Waals surface area contributed by atoms with Crippen molar-refractivity contribution in [1.29, 1.82) is 0 Å². The van der Waals surface area contributed by atoms with Crippen LogP contribution in [0.25, 0.3) is 10.9 Å². The molecule has 1 aliphatic heterocycles. The summed E-state index contributed by atoms with van der Waals surface area (Å²) in [5.74, 6) is 0.504. The first-order valence-corrected chi connectivity index (χ1v) is 8.87. The lowest BCUT2D eigenvalue weighted by molar-refractivity contribution is 0.121. The average molecular weight is 336 g/mol. The molecular formula is C20H24N4O. The number of aromatic nitrogens is 3. The highest BCUT2D eigenvalue weighted by atomic mass is 16.5. The Kier molecular flexibility index (Phi) is 4.76. The van der Waals surface area contributed by atoms with E-state index in [9.17, 15) is 0 Å². The van der Waals surface area contributed by atoms with Crippen molar-refractivity contribution in [1.82, 2.24) is 19.4 Å². The molecule has 1 atom stereocenters. The molecule has 0 saturated carbocycles. The number of hydrogen-bond acceptors (Lipinski definition) is 4. The predicted octanol–water partition coefficient (Wildman–Crippen LogP) is 2.66. The van der Waals surface area contributed by atoms with Gasteiger partial charge in [0.05, 0.1) is 30.8 Å². The Balaban J connectivity index is 1.45. The second kappa shape index (κ2) is 7.33. The standard InChI is InChI=1S/C20H24N4O/c1-23-15-21-11-19(23)13-24-7-8-25-14-17(12-24)9-16-4-5-20-18(10-16)3-2-6-22-20/h2-6,10-11,15,17H,7-9,12-14H2,1H3/t17-/m0/s1. The number of aryl methyl sites for hydroxylation is 1. The molecule has 1 fully saturated rings. The fraction of sp³-hybridized carbons (Fsp3) is 0.400. The third kappa shape index (κ3) is 3.89. The first-order chi connectivity index (χ1) is 12.3. The Morgan fingerprint density at radius 1 is 1.28 bits per heavy atom. The number of pyridine rings is 1. The first-order valence-electron chi connectivity index (χ1n) is 8.87. The predicted molar refractivity (Wildman–Crippen MR) is 98.2 cm³/mol. The first kappa shape index (κ1) is 16.2. The normalized spacial score (nSPS) is 19.2. The van der Waals surface area contributed by atoms with Crippen molar-refractivity contribution in [2.24, 2.45) is 13.0 Å². The lowest BCUT2D eigenvalue weighted by Gasteiger charge is -2.23. The minimum atomic E-state index is 0.504. The van der Waals surface area contributed by atoms with E-state index in [2.05, 4.69) is 50.7 Å². The lowest BCUT2D eigenvalue weighted by atomic mass is 9.98. The SMILES string of the molecule is Cn1cncc1CN1CCOC[C@@H](Cc2ccc3ncccc3c2)C1. The molecule has 3 heterocycles. The van der Waals surface area contributed by atoms with E-state index in [0.29, 0.717) is 5.92 Å². The molecule has 0 bridgehead atoms. The molecule has 0 radical (unpaired) electrons. The zero-order chi connectivity index (χ0) is 17.1. The molecule has 1 aromatic carbocycles. The lowest BCUT2D eigenvalue weighted by Crippen LogP contribution is -2.31. The molecule has 5 nitrogen and oxygen atoms in total. The second-order valence-electron chi connectivity index (χ2n) is 6.91. The monoisotopic (exact) mass is 336 g/mol. The van der Waals surface area contributed by atoms with Gasteiger partial charge in [0.2, 0.25) is 0 Å². The zero-order valence-corrected chi connectivity index (χ0v) is 14.6. The summed E-state index contributed by atoms with van der Waals surface area (Å²) in [5.41, 5.74) is 3.66. The van der Waals surface area contributed by atoms with Crippen molar-refractivity contribution in [3.05, 3.63) is 60.3 Å². The molecule has 1 aliphatic rings. The fourth-order valence-corrected chi connectivity index (χ4v) is 3.57. The maximum atomic E-state index is 5.87. The van der Waals surface area contributed by atoms with Gasteiger partial charge in [0.15, 0.2) is 0 Å². The van der Waals surface area contributed by atoms with Crippen molar-refractivity contribution in [3.8, 4) is 0 Å². The van der Waals surface area contributed by atoms with Crippen LogP contribution in [0.4, 0.5) is 0 Å². The van der Waals surface area contributed by atoms with Crippen molar-refractivity contribution < 1.29 is 4.74 Å². The third-order valence-corrected chi connectivity index (χ3v) is 4.92. The Morgan fingerprint density at radius 3 is 3.12 bits per heavy atom. The van der Waals surface area contributed by atoms with Gasteiger partial charge in [0.25, 0.3) is 0 Å². The van der Waals surface area contributed by atoms with E-state index in [1.165, 1.54) is 16.6 Å². The molecule has 0 aliphatic carbocycles. The quantitative estimate of drug-likeness (QED) is 0.735. The number of nitrogens with zero attached hydrogens (tertiary/aromatic N) is 4. The van der Waals surface area contributed by atoms with Crippen LogP contribution in [0.1, 0.15) is 11.3 Å². The van der Waals surface area contributed by atoms with E-state index < -0.39 is 0 Å². The van der Waals surface area contributed by atoms with Crippen LogP contribution in [0, 0.1) is 5.92 Å². The van der Waals surface area contributed by atoms with Gasteiger partial charge in [0, 0.05) is 44.5 Å². The van der Waals surface area contributed by atoms with Crippen molar-refractivity contribution in [3.63, 3.8) is 0 Å². The number of imidazole rings is 1. The molecule has 0 amide bonds. The van der Waals surface area contributed by atoms with Crippen LogP contribution in [-0.2, 0) is 24.8 Å². The van der Waals surface area contributed by atoms with Gasteiger partial charge in [-0.25, -0.2) is 4.98 Å². The van der Waals surface area contributed by atoms with Crippen molar-refractivity contribution in [2.75, 3.05) is 26.3 Å². The molecule has 25 heavy (non-hydrogen) atoms. The number of rotatable bonds is 4. The van der Waals surface area contributed by atoms with E-state index in [-0.39, 0.29) is 0 Å². The average Bonchev–Trinajstić information content (AvgIpc) is 2.89. The molecule has 2 aromatic heterocycles. The van der Waals surface area contributed by atoms with Crippen LogP contribution in [0.5, 0.6) is 0 Å². The molecule has 130 valence electrons. The highest BCUT2D eigenvalue weighted by molar-refractivity contribution is 5.78. The van der Waals surface area contributed by atoms with Crippen LogP contribution >= 0.6 is 0 Å². The van der Waals surface area contributed by atoms with E-state index >= 15 is 0 Å². The van der Waals surface area contributed by atoms with Gasteiger partial charge in [-0.1, -0.05) is 12.1 Å². The summed E-state index contributed by atoms with van der Waals surface area (Å²) in [6.45, 7) is 4.58. The summed E-state index contributed by atoms with van der Waals surface area (Å²) in [6.07, 6.45) is 6.70. The summed E-state index contributed by atoms with van der Waals surface area (Å²) in [6, 6.07) is 10.7. The highest BCUT2D eigenvalue weighted by Crippen LogP contribution is 2.19. The summed E-state index contributed by atoms with van der Waals surface area (Å²) in [5, 5.41) is 1.21. The van der Waals surface area contributed by atoms with Gasteiger partial charge in [-0.2, -0.15) is 0 Å². The molecule has 5 heteroatoms. The molecule has 0 spiro atoms. The van der Waals surface area contributed by atoms with Gasteiger partial charge in [-0.15, -0.1) is 0 Å². The zero-order valence-electron chi connectivity index (χ0n) is 14.6. The smallest absolute Gasteiger partial charge is 0.0945 e. The highest BCUT2D eigenvalue weighted by Gasteiger charge is 2.20. The third-order valence-electron chi connectivity index (χ3n) is 4.92. The largest absolute Gasteiger partial charge is 0.380 e. The van der Waals surface area contributed by atoms with Gasteiger partial charge < -0.3 is 9.30 Å². The van der Waals surface area contributed by atoms with E-state index in [1.54, 1.807) is 0 Å². The topological polar surface area (TPSA) is 43.2 Å². The maximum Gasteiger partial charge on any atom is 0.0945 e. The number of ether oxygens (including phenoxy) is 1. The summed E-state index contributed by atoms with van der Waals surface area (Å²) >= 11 is 0. The maximum absolute atomic E-state index is 5.87. The van der Waals surface area contributed by atoms with Gasteiger partial charge >= 0.3 is 0 Å². The summed E-state index contributed by atoms with van der Waals surface area (Å²) in [7, 11) is 2.05. The Hall–Kier alpha value is -2.24. The molecule has 4 rings (SSSR count). The van der Waals surface area contributed by atoms with Crippen LogP contribution in [-0.4, -0.2) is 45.7 Å². The molecule has 3 aromatic rings. The minimum absolute atomic E-state index is 0.504. The Morgan fingerprint density at radius 2 is 2.24 bits per heavy atom. The van der Waals surface area contributed by atoms with Crippen LogP contribution < -0.4 is 0 Å². The Bertz CT molecular complexity index is 844. The van der Waals surface area contributed by atoms with Crippen molar-refractivity contribution >= 4 is 10.9 Å². The summed E-state index contributed by atoms with van der Waals surface area (Å²) < 4.78 is 7.96. The summed E-state index contributed by atoms with van der Waals surface area (Å²) in [4.78, 5) is 11.1. The van der Waals surface area contributed by atoms with E-state index in [0.717, 1.165) is 44.8 Å². The fourth-order valence-electron chi connectivity index (χ4n) is 3.57. The van der Waals surface area contributed by atoms with E-state index in [1.807, 2.05) is 24.8 Å². The number of benzene rings is 1. The van der Waals surface area contributed by atoms with E-state index in [4.69, 9.17) is 4.74 Å². The Labute approximate surface area is 148 Å². The molecule has 0 N–H and O–H groups in total. The van der Waals surface area contributed by atoms with Gasteiger partial charge in [0.1, 0.15) is 0 Å². The van der Waals surface area contributed by atoms with Crippen LogP contribution in [0.15, 0.2) is 49.1 Å². The van der Waals surface area contributed by atoms with Crippen LogP contribution in [0.2, 0.25) is 0 Å². The second-order valence-corrected chi connectivity index (χ2v) is 6.91. The molecular weight excluding hydrogens is 312 g/mol.